The zero-order valence-electron chi connectivity index (χ0n) is 18.7. The number of nitrogens with one attached hydrogen (secondary N) is 2. The van der Waals surface area contributed by atoms with E-state index in [1.165, 1.54) is 12.8 Å². The summed E-state index contributed by atoms with van der Waals surface area (Å²) in [5.41, 5.74) is 1.85. The smallest absolute Gasteiger partial charge is 0.246 e. The fourth-order valence-electron chi connectivity index (χ4n) is 4.34. The molecule has 2 heterocycles. The Morgan fingerprint density at radius 3 is 2.55 bits per heavy atom. The van der Waals surface area contributed by atoms with Crippen LogP contribution in [0.4, 0.5) is 11.4 Å². The highest BCUT2D eigenvalue weighted by molar-refractivity contribution is 5.98. The number of benzene rings is 1. The van der Waals surface area contributed by atoms with Crippen molar-refractivity contribution in [2.75, 3.05) is 36.4 Å². The van der Waals surface area contributed by atoms with Crippen LogP contribution in [-0.2, 0) is 14.4 Å². The minimum absolute atomic E-state index is 0.0246. The van der Waals surface area contributed by atoms with Crippen LogP contribution in [0, 0.1) is 0 Å². The van der Waals surface area contributed by atoms with Gasteiger partial charge in [0.2, 0.25) is 17.7 Å². The van der Waals surface area contributed by atoms with Crippen LogP contribution in [0.25, 0.3) is 0 Å². The van der Waals surface area contributed by atoms with E-state index in [-0.39, 0.29) is 24.3 Å². The van der Waals surface area contributed by atoms with Gasteiger partial charge in [-0.3, -0.25) is 14.4 Å². The van der Waals surface area contributed by atoms with E-state index in [1.807, 2.05) is 25.1 Å². The van der Waals surface area contributed by atoms with Crippen LogP contribution in [0.3, 0.4) is 0 Å². The van der Waals surface area contributed by atoms with Gasteiger partial charge in [-0.05, 0) is 50.3 Å². The molecule has 1 aromatic carbocycles. The maximum absolute atomic E-state index is 12.9. The molecule has 0 aliphatic carbocycles. The number of amides is 3. The van der Waals surface area contributed by atoms with Gasteiger partial charge in [-0.1, -0.05) is 32.3 Å². The fourth-order valence-corrected chi connectivity index (χ4v) is 4.34. The summed E-state index contributed by atoms with van der Waals surface area (Å²) in [7, 11) is 0. The maximum Gasteiger partial charge on any atom is 0.246 e. The number of carbonyl (C=O) groups is 3. The summed E-state index contributed by atoms with van der Waals surface area (Å²) in [6, 6.07) is 7.27. The molecule has 1 unspecified atom stereocenters. The van der Waals surface area contributed by atoms with Crippen molar-refractivity contribution >= 4 is 29.1 Å². The number of hydrogen-bond donors (Lipinski definition) is 2. The third-order valence-corrected chi connectivity index (χ3v) is 6.07. The average molecular weight is 429 g/mol. The normalized spacial score (nSPS) is 18.3. The lowest BCUT2D eigenvalue weighted by atomic mass is 10.1. The molecule has 31 heavy (non-hydrogen) atoms. The van der Waals surface area contributed by atoms with Crippen LogP contribution in [0.5, 0.6) is 0 Å². The summed E-state index contributed by atoms with van der Waals surface area (Å²) in [4.78, 5) is 41.8. The van der Waals surface area contributed by atoms with Crippen molar-refractivity contribution in [2.45, 2.75) is 70.8 Å². The van der Waals surface area contributed by atoms with E-state index in [0.717, 1.165) is 56.6 Å². The molecule has 1 atom stereocenters. The van der Waals surface area contributed by atoms with E-state index in [9.17, 15) is 14.4 Å². The number of hydrogen-bond acceptors (Lipinski definition) is 4. The molecule has 2 aliphatic heterocycles. The average Bonchev–Trinajstić information content (AvgIpc) is 3.28. The molecule has 2 saturated heterocycles. The number of rotatable bonds is 8. The van der Waals surface area contributed by atoms with E-state index in [4.69, 9.17) is 0 Å². The SMILES string of the molecule is CCCC(NC(=O)CN1CCCCCCC1=O)C(=O)Nc1cccc(N2CCCC2)c1. The van der Waals surface area contributed by atoms with Gasteiger partial charge in [-0.25, -0.2) is 0 Å². The molecule has 0 saturated carbocycles. The Morgan fingerprint density at radius 2 is 1.77 bits per heavy atom. The molecule has 0 aromatic heterocycles. The molecule has 0 radical (unpaired) electrons. The number of nitrogens with zero attached hydrogens (tertiary/aromatic N) is 2. The molecule has 2 N–H and O–H groups in total. The van der Waals surface area contributed by atoms with Gasteiger partial charge in [0.25, 0.3) is 0 Å². The second-order valence-corrected chi connectivity index (χ2v) is 8.62. The Morgan fingerprint density at radius 1 is 1.03 bits per heavy atom. The first-order chi connectivity index (χ1) is 15.1. The highest BCUT2D eigenvalue weighted by Gasteiger charge is 2.24. The Balaban J connectivity index is 1.57. The fraction of sp³-hybridized carbons (Fsp3) is 0.625. The third kappa shape index (κ3) is 6.97. The lowest BCUT2D eigenvalue weighted by molar-refractivity contribution is -0.137. The molecule has 1 aromatic rings. The molecule has 0 spiro atoms. The van der Waals surface area contributed by atoms with Crippen molar-refractivity contribution in [3.8, 4) is 0 Å². The summed E-state index contributed by atoms with van der Waals surface area (Å²) in [6.45, 7) is 4.71. The summed E-state index contributed by atoms with van der Waals surface area (Å²) in [5.74, 6) is -0.453. The molecular formula is C24H36N4O3. The summed E-state index contributed by atoms with van der Waals surface area (Å²) in [6.07, 6.45) is 8.18. The molecule has 2 fully saturated rings. The van der Waals surface area contributed by atoms with Gasteiger partial charge in [0.1, 0.15) is 6.04 Å². The lowest BCUT2D eigenvalue weighted by Gasteiger charge is -2.25. The molecule has 170 valence electrons. The summed E-state index contributed by atoms with van der Waals surface area (Å²) >= 11 is 0. The Labute approximate surface area is 185 Å². The first-order valence-electron chi connectivity index (χ1n) is 11.8. The molecule has 3 rings (SSSR count). The molecule has 7 heteroatoms. The topological polar surface area (TPSA) is 81.8 Å². The van der Waals surface area contributed by atoms with Crippen molar-refractivity contribution < 1.29 is 14.4 Å². The van der Waals surface area contributed by atoms with Crippen molar-refractivity contribution in [2.24, 2.45) is 0 Å². The third-order valence-electron chi connectivity index (χ3n) is 6.07. The molecular weight excluding hydrogens is 392 g/mol. The van der Waals surface area contributed by atoms with Crippen molar-refractivity contribution in [3.63, 3.8) is 0 Å². The van der Waals surface area contributed by atoms with E-state index in [2.05, 4.69) is 21.6 Å². The number of likely N-dealkylation sites (tertiary alicyclic amines) is 1. The van der Waals surface area contributed by atoms with E-state index < -0.39 is 6.04 Å². The van der Waals surface area contributed by atoms with E-state index >= 15 is 0 Å². The first-order valence-corrected chi connectivity index (χ1v) is 11.8. The van der Waals surface area contributed by atoms with Crippen molar-refractivity contribution in [1.29, 1.82) is 0 Å². The number of anilines is 2. The lowest BCUT2D eigenvalue weighted by Crippen LogP contribution is -2.48. The highest BCUT2D eigenvalue weighted by Crippen LogP contribution is 2.23. The van der Waals surface area contributed by atoms with Crippen molar-refractivity contribution in [3.05, 3.63) is 24.3 Å². The second-order valence-electron chi connectivity index (χ2n) is 8.62. The van der Waals surface area contributed by atoms with Crippen LogP contribution in [0.15, 0.2) is 24.3 Å². The summed E-state index contributed by atoms with van der Waals surface area (Å²) < 4.78 is 0. The second kappa shape index (κ2) is 11.7. The van der Waals surface area contributed by atoms with Gasteiger partial charge in [0.05, 0.1) is 6.54 Å². The van der Waals surface area contributed by atoms with Crippen LogP contribution >= 0.6 is 0 Å². The minimum atomic E-state index is -0.613. The Hall–Kier alpha value is -2.57. The van der Waals surface area contributed by atoms with Crippen molar-refractivity contribution in [1.82, 2.24) is 10.2 Å². The van der Waals surface area contributed by atoms with Crippen LogP contribution < -0.4 is 15.5 Å². The zero-order valence-corrected chi connectivity index (χ0v) is 18.7. The quantitative estimate of drug-likeness (QED) is 0.666. The molecule has 7 nitrogen and oxygen atoms in total. The Kier molecular flexibility index (Phi) is 8.74. The predicted molar refractivity (Wildman–Crippen MR) is 123 cm³/mol. The van der Waals surface area contributed by atoms with Gasteiger partial charge in [-0.2, -0.15) is 0 Å². The van der Waals surface area contributed by atoms with Crippen LogP contribution in [0.2, 0.25) is 0 Å². The maximum atomic E-state index is 12.9. The van der Waals surface area contributed by atoms with Gasteiger partial charge in [0, 0.05) is 37.4 Å². The van der Waals surface area contributed by atoms with Gasteiger partial charge >= 0.3 is 0 Å². The van der Waals surface area contributed by atoms with E-state index in [0.29, 0.717) is 19.4 Å². The van der Waals surface area contributed by atoms with Crippen LogP contribution in [-0.4, -0.2) is 54.8 Å². The van der Waals surface area contributed by atoms with Crippen LogP contribution in [0.1, 0.15) is 64.7 Å². The highest BCUT2D eigenvalue weighted by atomic mass is 16.2. The number of carbonyl (C=O) groups excluding carboxylic acids is 3. The molecule has 2 aliphatic rings. The standard InChI is InChI=1S/C24H36N4O3/c1-2-10-21(26-22(29)18-28-16-6-4-3-5-13-23(28)30)24(31)25-19-11-9-12-20(17-19)27-14-7-8-15-27/h9,11-12,17,21H,2-8,10,13-16,18H2,1H3,(H,25,31)(H,26,29). The van der Waals surface area contributed by atoms with Gasteiger partial charge < -0.3 is 20.4 Å². The Bertz CT molecular complexity index is 761. The summed E-state index contributed by atoms with van der Waals surface area (Å²) in [5, 5.41) is 5.82. The largest absolute Gasteiger partial charge is 0.371 e. The molecule has 3 amide bonds. The first kappa shape index (κ1) is 23.1. The van der Waals surface area contributed by atoms with Gasteiger partial charge in [0.15, 0.2) is 0 Å². The minimum Gasteiger partial charge on any atom is -0.371 e. The predicted octanol–water partition coefficient (Wildman–Crippen LogP) is 3.30. The molecule has 0 bridgehead atoms. The van der Waals surface area contributed by atoms with Gasteiger partial charge in [-0.15, -0.1) is 0 Å². The van der Waals surface area contributed by atoms with E-state index in [1.54, 1.807) is 4.90 Å². The monoisotopic (exact) mass is 428 g/mol. The zero-order chi connectivity index (χ0) is 22.1.